The molecule has 7 aromatic rings. The molecule has 0 aromatic heterocycles. The summed E-state index contributed by atoms with van der Waals surface area (Å²) in [6.07, 6.45) is 0. The molecular weight excluding hydrogens is 498 g/mol. The summed E-state index contributed by atoms with van der Waals surface area (Å²) in [5, 5.41) is 4.82. The number of hydrogen-bond donors (Lipinski definition) is 1. The van der Waals surface area contributed by atoms with Crippen molar-refractivity contribution in [3.8, 4) is 0 Å². The Morgan fingerprint density at radius 1 is 0.317 bits per heavy atom. The van der Waals surface area contributed by atoms with Crippen LogP contribution in [0.3, 0.4) is 0 Å². The standard InChI is InChI=1S/C38H29N3/c39-30-20-22-32(23-21-30)41(38-19-9-13-29-11-5-7-17-36(29)38)34-26-24-33(25-27-34)40(31-14-2-1-3-15-31)37-18-8-12-28-10-4-6-16-35(28)37/h1-27H,39H2. The van der Waals surface area contributed by atoms with Crippen LogP contribution in [0.15, 0.2) is 164 Å². The fourth-order valence-electron chi connectivity index (χ4n) is 5.61. The van der Waals surface area contributed by atoms with Gasteiger partial charge in [-0.1, -0.05) is 91.0 Å². The molecule has 7 aromatic carbocycles. The zero-order chi connectivity index (χ0) is 27.6. The molecule has 2 N–H and O–H groups in total. The highest BCUT2D eigenvalue weighted by atomic mass is 15.2. The highest BCUT2D eigenvalue weighted by Crippen LogP contribution is 2.42. The van der Waals surface area contributed by atoms with Crippen LogP contribution in [0, 0.1) is 0 Å². The minimum atomic E-state index is 0.746. The summed E-state index contributed by atoms with van der Waals surface area (Å²) in [5.41, 5.74) is 13.4. The third-order valence-electron chi connectivity index (χ3n) is 7.55. The molecule has 0 aliphatic heterocycles. The minimum Gasteiger partial charge on any atom is -0.399 e. The number of nitrogens with two attached hydrogens (primary N) is 1. The molecule has 0 saturated heterocycles. The summed E-state index contributed by atoms with van der Waals surface area (Å²) in [6, 6.07) is 57.5. The highest BCUT2D eigenvalue weighted by molar-refractivity contribution is 6.00. The van der Waals surface area contributed by atoms with E-state index in [0.717, 1.165) is 39.8 Å². The first-order valence-electron chi connectivity index (χ1n) is 13.8. The SMILES string of the molecule is Nc1ccc(N(c2ccc(N(c3ccccc3)c3cccc4ccccc34)cc2)c2cccc3ccccc23)cc1. The number of rotatable bonds is 6. The zero-order valence-corrected chi connectivity index (χ0v) is 22.6. The Morgan fingerprint density at radius 3 is 1.17 bits per heavy atom. The second-order valence-electron chi connectivity index (χ2n) is 10.1. The van der Waals surface area contributed by atoms with Gasteiger partial charge >= 0.3 is 0 Å². The van der Waals surface area contributed by atoms with E-state index in [4.69, 9.17) is 5.73 Å². The van der Waals surface area contributed by atoms with E-state index < -0.39 is 0 Å². The lowest BCUT2D eigenvalue weighted by Crippen LogP contribution is -2.12. The van der Waals surface area contributed by atoms with Crippen LogP contribution in [0.25, 0.3) is 21.5 Å². The Labute approximate surface area is 240 Å². The Hall–Kier alpha value is -5.54. The van der Waals surface area contributed by atoms with Crippen molar-refractivity contribution in [1.29, 1.82) is 0 Å². The van der Waals surface area contributed by atoms with Crippen LogP contribution >= 0.6 is 0 Å². The van der Waals surface area contributed by atoms with Crippen molar-refractivity contribution in [2.24, 2.45) is 0 Å². The highest BCUT2D eigenvalue weighted by Gasteiger charge is 2.18. The van der Waals surface area contributed by atoms with Gasteiger partial charge in [0.25, 0.3) is 0 Å². The van der Waals surface area contributed by atoms with Gasteiger partial charge in [-0.25, -0.2) is 0 Å². The second-order valence-corrected chi connectivity index (χ2v) is 10.1. The Morgan fingerprint density at radius 2 is 0.683 bits per heavy atom. The fourth-order valence-corrected chi connectivity index (χ4v) is 5.61. The van der Waals surface area contributed by atoms with E-state index in [9.17, 15) is 0 Å². The molecule has 3 heteroatoms. The third kappa shape index (κ3) is 4.64. The average molecular weight is 528 g/mol. The molecule has 0 bridgehead atoms. The zero-order valence-electron chi connectivity index (χ0n) is 22.6. The van der Waals surface area contributed by atoms with Crippen LogP contribution in [0.2, 0.25) is 0 Å². The van der Waals surface area contributed by atoms with E-state index in [1.807, 2.05) is 12.1 Å². The summed E-state index contributed by atoms with van der Waals surface area (Å²) in [4.78, 5) is 4.63. The van der Waals surface area contributed by atoms with Gasteiger partial charge in [0.15, 0.2) is 0 Å². The van der Waals surface area contributed by atoms with Crippen molar-refractivity contribution >= 4 is 61.4 Å². The fraction of sp³-hybridized carbons (Fsp3) is 0. The summed E-state index contributed by atoms with van der Waals surface area (Å²) in [6.45, 7) is 0. The number of anilines is 7. The van der Waals surface area contributed by atoms with Gasteiger partial charge in [-0.3, -0.25) is 0 Å². The van der Waals surface area contributed by atoms with Gasteiger partial charge in [0.1, 0.15) is 0 Å². The first kappa shape index (κ1) is 24.5. The van der Waals surface area contributed by atoms with Crippen LogP contribution in [0.4, 0.5) is 39.8 Å². The quantitative estimate of drug-likeness (QED) is 0.218. The molecule has 0 aliphatic rings. The van der Waals surface area contributed by atoms with Gasteiger partial charge in [0.05, 0.1) is 11.4 Å². The summed E-state index contributed by atoms with van der Waals surface area (Å²) in [7, 11) is 0. The predicted molar refractivity (Wildman–Crippen MR) is 175 cm³/mol. The van der Waals surface area contributed by atoms with Gasteiger partial charge in [-0.15, -0.1) is 0 Å². The third-order valence-corrected chi connectivity index (χ3v) is 7.55. The van der Waals surface area contributed by atoms with Gasteiger partial charge in [0, 0.05) is 39.2 Å². The number of fused-ring (bicyclic) bond motifs is 2. The van der Waals surface area contributed by atoms with E-state index in [-0.39, 0.29) is 0 Å². The number of hydrogen-bond acceptors (Lipinski definition) is 3. The predicted octanol–water partition coefficient (Wildman–Crippen LogP) is 10.5. The molecule has 7 rings (SSSR count). The molecule has 0 radical (unpaired) electrons. The van der Waals surface area contributed by atoms with Crippen LogP contribution < -0.4 is 15.5 Å². The first-order chi connectivity index (χ1) is 20.3. The smallest absolute Gasteiger partial charge is 0.0540 e. The van der Waals surface area contributed by atoms with Crippen molar-refractivity contribution in [1.82, 2.24) is 0 Å². The number of benzene rings is 7. The molecule has 0 saturated carbocycles. The van der Waals surface area contributed by atoms with Gasteiger partial charge < -0.3 is 15.5 Å². The van der Waals surface area contributed by atoms with Crippen molar-refractivity contribution in [2.75, 3.05) is 15.5 Å². The number of nitrogen functional groups attached to an aromatic ring is 1. The molecule has 41 heavy (non-hydrogen) atoms. The molecule has 0 spiro atoms. The van der Waals surface area contributed by atoms with Gasteiger partial charge in [-0.2, -0.15) is 0 Å². The molecule has 0 fully saturated rings. The topological polar surface area (TPSA) is 32.5 Å². The molecule has 196 valence electrons. The Balaban J connectivity index is 1.38. The lowest BCUT2D eigenvalue weighted by atomic mass is 10.1. The molecule has 0 amide bonds. The molecular formula is C38H29N3. The van der Waals surface area contributed by atoms with Gasteiger partial charge in [-0.05, 0) is 83.6 Å². The maximum Gasteiger partial charge on any atom is 0.0540 e. The maximum absolute atomic E-state index is 6.07. The monoisotopic (exact) mass is 527 g/mol. The van der Waals surface area contributed by atoms with Crippen LogP contribution in [0.1, 0.15) is 0 Å². The molecule has 0 atom stereocenters. The Kier molecular flexibility index (Phi) is 6.31. The normalized spacial score (nSPS) is 11.0. The van der Waals surface area contributed by atoms with E-state index in [0.29, 0.717) is 0 Å². The van der Waals surface area contributed by atoms with Gasteiger partial charge in [0.2, 0.25) is 0 Å². The van der Waals surface area contributed by atoms with E-state index >= 15 is 0 Å². The van der Waals surface area contributed by atoms with E-state index in [2.05, 4.69) is 161 Å². The second kappa shape index (κ2) is 10.6. The van der Waals surface area contributed by atoms with Crippen molar-refractivity contribution in [3.63, 3.8) is 0 Å². The van der Waals surface area contributed by atoms with Crippen LogP contribution in [-0.4, -0.2) is 0 Å². The van der Waals surface area contributed by atoms with Crippen LogP contribution in [0.5, 0.6) is 0 Å². The summed E-state index contributed by atoms with van der Waals surface area (Å²) >= 11 is 0. The lowest BCUT2D eigenvalue weighted by Gasteiger charge is -2.29. The number of para-hydroxylation sites is 1. The van der Waals surface area contributed by atoms with Crippen molar-refractivity contribution in [3.05, 3.63) is 164 Å². The maximum atomic E-state index is 6.07. The number of nitrogens with zero attached hydrogens (tertiary/aromatic N) is 2. The largest absolute Gasteiger partial charge is 0.399 e. The molecule has 0 unspecified atom stereocenters. The molecule has 0 heterocycles. The van der Waals surface area contributed by atoms with Crippen molar-refractivity contribution in [2.45, 2.75) is 0 Å². The van der Waals surface area contributed by atoms with Crippen LogP contribution in [-0.2, 0) is 0 Å². The molecule has 0 aliphatic carbocycles. The minimum absolute atomic E-state index is 0.746. The molecule has 3 nitrogen and oxygen atoms in total. The summed E-state index contributed by atoms with van der Waals surface area (Å²) in [5.74, 6) is 0. The van der Waals surface area contributed by atoms with E-state index in [1.54, 1.807) is 0 Å². The van der Waals surface area contributed by atoms with E-state index in [1.165, 1.54) is 21.5 Å². The summed E-state index contributed by atoms with van der Waals surface area (Å²) < 4.78 is 0. The van der Waals surface area contributed by atoms with Crippen molar-refractivity contribution < 1.29 is 0 Å². The first-order valence-corrected chi connectivity index (χ1v) is 13.8. The average Bonchev–Trinajstić information content (AvgIpc) is 3.04. The Bertz CT molecular complexity index is 1930. The lowest BCUT2D eigenvalue weighted by molar-refractivity contribution is 1.27.